The largest absolute Gasteiger partial charge is 0.501 e. The van der Waals surface area contributed by atoms with Gasteiger partial charge in [0.2, 0.25) is 0 Å². The summed E-state index contributed by atoms with van der Waals surface area (Å²) in [5.74, 6) is -0.169. The number of nitrogens with zero attached hydrogens (tertiary/aromatic N) is 1. The minimum Gasteiger partial charge on any atom is -0.501 e. The fraction of sp³-hybridized carbons (Fsp3) is 0.474. The summed E-state index contributed by atoms with van der Waals surface area (Å²) in [5, 5.41) is 2.84. The summed E-state index contributed by atoms with van der Waals surface area (Å²) in [5.41, 5.74) is 1.92. The lowest BCUT2D eigenvalue weighted by Crippen LogP contribution is -2.48. The molecule has 0 saturated carbocycles. The minimum absolute atomic E-state index is 0.0109. The van der Waals surface area contributed by atoms with Crippen LogP contribution in [0.2, 0.25) is 0 Å². The predicted octanol–water partition coefficient (Wildman–Crippen LogP) is 2.57. The van der Waals surface area contributed by atoms with Gasteiger partial charge in [0, 0.05) is 24.3 Å². The number of hydrogen-bond donors (Lipinski definition) is 1. The van der Waals surface area contributed by atoms with Crippen LogP contribution in [0.25, 0.3) is 0 Å². The Kier molecular flexibility index (Phi) is 5.38. The second-order valence-electron chi connectivity index (χ2n) is 6.62. The Labute approximate surface area is 147 Å². The highest BCUT2D eigenvalue weighted by Crippen LogP contribution is 2.18. The lowest BCUT2D eigenvalue weighted by Gasteiger charge is -2.35. The standard InChI is InChI=1S/C19H24N2O4/c1-13-10-21(11-14(2)25-13)19(23)15-5-7-17(8-6-15)20-18(22)16-4-3-9-24-12-16/h5-8,12-14H,3-4,9-11H2,1-2H3,(H,20,22)/t13-,14-/m1/s1. The predicted molar refractivity (Wildman–Crippen MR) is 94.3 cm³/mol. The van der Waals surface area contributed by atoms with Crippen molar-refractivity contribution in [3.63, 3.8) is 0 Å². The number of carbonyl (C=O) groups is 2. The third kappa shape index (κ3) is 4.39. The smallest absolute Gasteiger partial charge is 0.254 e. The van der Waals surface area contributed by atoms with Crippen molar-refractivity contribution in [3.05, 3.63) is 41.7 Å². The van der Waals surface area contributed by atoms with Crippen molar-refractivity contribution >= 4 is 17.5 Å². The lowest BCUT2D eigenvalue weighted by atomic mass is 10.1. The third-order valence-corrected chi connectivity index (χ3v) is 4.32. The second-order valence-corrected chi connectivity index (χ2v) is 6.62. The molecular weight excluding hydrogens is 320 g/mol. The fourth-order valence-corrected chi connectivity index (χ4v) is 3.17. The first kappa shape index (κ1) is 17.5. The van der Waals surface area contributed by atoms with Crippen LogP contribution in [-0.2, 0) is 14.3 Å². The molecule has 1 aromatic carbocycles. The molecule has 1 saturated heterocycles. The molecule has 2 heterocycles. The molecule has 0 unspecified atom stereocenters. The van der Waals surface area contributed by atoms with Crippen LogP contribution in [-0.4, -0.2) is 48.6 Å². The number of ether oxygens (including phenoxy) is 2. The van der Waals surface area contributed by atoms with Gasteiger partial charge in [0.05, 0.1) is 30.6 Å². The van der Waals surface area contributed by atoms with Crippen LogP contribution in [0.15, 0.2) is 36.1 Å². The number of benzene rings is 1. The Morgan fingerprint density at radius 2 is 1.80 bits per heavy atom. The van der Waals surface area contributed by atoms with Gasteiger partial charge in [-0.15, -0.1) is 0 Å². The Hall–Kier alpha value is -2.34. The SMILES string of the molecule is C[C@@H]1CN(C(=O)c2ccc(NC(=O)C3=COCCC3)cc2)C[C@@H](C)O1. The van der Waals surface area contributed by atoms with Gasteiger partial charge in [-0.05, 0) is 51.0 Å². The summed E-state index contributed by atoms with van der Waals surface area (Å²) < 4.78 is 10.9. The summed E-state index contributed by atoms with van der Waals surface area (Å²) in [6, 6.07) is 6.99. The van der Waals surface area contributed by atoms with Crippen LogP contribution < -0.4 is 5.32 Å². The highest BCUT2D eigenvalue weighted by atomic mass is 16.5. The van der Waals surface area contributed by atoms with Gasteiger partial charge in [-0.25, -0.2) is 0 Å². The molecule has 0 bridgehead atoms. The van der Waals surface area contributed by atoms with E-state index in [1.165, 1.54) is 6.26 Å². The average molecular weight is 344 g/mol. The maximum absolute atomic E-state index is 12.6. The van der Waals surface area contributed by atoms with Crippen LogP contribution in [0.4, 0.5) is 5.69 Å². The van der Waals surface area contributed by atoms with Crippen molar-refractivity contribution in [2.24, 2.45) is 0 Å². The highest BCUT2D eigenvalue weighted by molar-refractivity contribution is 6.04. The van der Waals surface area contributed by atoms with Gasteiger partial charge < -0.3 is 19.7 Å². The monoisotopic (exact) mass is 344 g/mol. The molecule has 2 atom stereocenters. The molecule has 2 amide bonds. The molecule has 0 radical (unpaired) electrons. The van der Waals surface area contributed by atoms with Gasteiger partial charge in [-0.1, -0.05) is 0 Å². The third-order valence-electron chi connectivity index (χ3n) is 4.32. The number of anilines is 1. The van der Waals surface area contributed by atoms with E-state index in [0.717, 1.165) is 12.8 Å². The molecule has 3 rings (SSSR count). The molecule has 1 aromatic rings. The van der Waals surface area contributed by atoms with Gasteiger partial charge in [0.1, 0.15) is 0 Å². The Morgan fingerprint density at radius 3 is 2.40 bits per heavy atom. The number of morpholine rings is 1. The fourth-order valence-electron chi connectivity index (χ4n) is 3.17. The first-order valence-electron chi connectivity index (χ1n) is 8.69. The van der Waals surface area contributed by atoms with Crippen molar-refractivity contribution in [1.29, 1.82) is 0 Å². The summed E-state index contributed by atoms with van der Waals surface area (Å²) in [6.45, 7) is 5.79. The molecule has 1 N–H and O–H groups in total. The van der Waals surface area contributed by atoms with Crippen molar-refractivity contribution in [2.75, 3.05) is 25.0 Å². The van der Waals surface area contributed by atoms with E-state index >= 15 is 0 Å². The highest BCUT2D eigenvalue weighted by Gasteiger charge is 2.26. The Morgan fingerprint density at radius 1 is 1.12 bits per heavy atom. The number of hydrogen-bond acceptors (Lipinski definition) is 4. The molecule has 6 heteroatoms. The number of rotatable bonds is 3. The van der Waals surface area contributed by atoms with E-state index in [9.17, 15) is 9.59 Å². The number of carbonyl (C=O) groups excluding carboxylic acids is 2. The van der Waals surface area contributed by atoms with Crippen LogP contribution >= 0.6 is 0 Å². The van der Waals surface area contributed by atoms with Crippen LogP contribution in [0, 0.1) is 0 Å². The van der Waals surface area contributed by atoms with Crippen molar-refractivity contribution < 1.29 is 19.1 Å². The molecule has 2 aliphatic heterocycles. The summed E-state index contributed by atoms with van der Waals surface area (Å²) in [6.07, 6.45) is 3.17. The quantitative estimate of drug-likeness (QED) is 0.915. The van der Waals surface area contributed by atoms with Crippen LogP contribution in [0.5, 0.6) is 0 Å². The van der Waals surface area contributed by atoms with Gasteiger partial charge in [-0.3, -0.25) is 9.59 Å². The summed E-state index contributed by atoms with van der Waals surface area (Å²) in [7, 11) is 0. The number of amides is 2. The van der Waals surface area contributed by atoms with Crippen molar-refractivity contribution in [3.8, 4) is 0 Å². The van der Waals surface area contributed by atoms with E-state index in [1.807, 2.05) is 18.7 Å². The molecule has 1 fully saturated rings. The molecule has 2 aliphatic rings. The molecule has 134 valence electrons. The average Bonchev–Trinajstić information content (AvgIpc) is 2.61. The zero-order chi connectivity index (χ0) is 17.8. The zero-order valence-corrected chi connectivity index (χ0v) is 14.7. The first-order chi connectivity index (χ1) is 12.0. The van der Waals surface area contributed by atoms with E-state index < -0.39 is 0 Å². The van der Waals surface area contributed by atoms with E-state index in [0.29, 0.717) is 36.5 Å². The maximum Gasteiger partial charge on any atom is 0.254 e. The summed E-state index contributed by atoms with van der Waals surface area (Å²) >= 11 is 0. The molecular formula is C19H24N2O4. The van der Waals surface area contributed by atoms with Crippen LogP contribution in [0.3, 0.4) is 0 Å². The van der Waals surface area contributed by atoms with Gasteiger partial charge in [0.25, 0.3) is 11.8 Å². The van der Waals surface area contributed by atoms with E-state index in [4.69, 9.17) is 9.47 Å². The van der Waals surface area contributed by atoms with Crippen molar-refractivity contribution in [2.45, 2.75) is 38.9 Å². The molecule has 6 nitrogen and oxygen atoms in total. The van der Waals surface area contributed by atoms with E-state index in [-0.39, 0.29) is 24.0 Å². The van der Waals surface area contributed by atoms with Gasteiger partial charge in [0.15, 0.2) is 0 Å². The maximum atomic E-state index is 12.6. The lowest BCUT2D eigenvalue weighted by molar-refractivity contribution is -0.113. The minimum atomic E-state index is -0.158. The first-order valence-corrected chi connectivity index (χ1v) is 8.69. The molecule has 0 aliphatic carbocycles. The Bertz CT molecular complexity index is 659. The normalized spacial score (nSPS) is 23.4. The van der Waals surface area contributed by atoms with Gasteiger partial charge in [-0.2, -0.15) is 0 Å². The van der Waals surface area contributed by atoms with Gasteiger partial charge >= 0.3 is 0 Å². The molecule has 25 heavy (non-hydrogen) atoms. The van der Waals surface area contributed by atoms with Crippen molar-refractivity contribution in [1.82, 2.24) is 4.90 Å². The van der Waals surface area contributed by atoms with E-state index in [2.05, 4.69) is 5.32 Å². The Balaban J connectivity index is 1.62. The zero-order valence-electron chi connectivity index (χ0n) is 14.7. The number of nitrogens with one attached hydrogen (secondary N) is 1. The molecule has 0 aromatic heterocycles. The van der Waals surface area contributed by atoms with Crippen LogP contribution in [0.1, 0.15) is 37.0 Å². The topological polar surface area (TPSA) is 67.9 Å². The molecule has 0 spiro atoms. The van der Waals surface area contributed by atoms with E-state index in [1.54, 1.807) is 24.3 Å². The summed E-state index contributed by atoms with van der Waals surface area (Å²) in [4.78, 5) is 26.6. The second kappa shape index (κ2) is 7.70.